The van der Waals surface area contributed by atoms with Crippen molar-refractivity contribution in [3.8, 4) is 0 Å². The van der Waals surface area contributed by atoms with E-state index in [0.717, 1.165) is 5.56 Å². The molecule has 0 aliphatic carbocycles. The van der Waals surface area contributed by atoms with Crippen LogP contribution >= 0.6 is 12.4 Å². The third-order valence-electron chi connectivity index (χ3n) is 2.79. The topological polar surface area (TPSA) is 66.6 Å². The molecule has 1 aromatic carbocycles. The molecule has 1 unspecified atom stereocenters. The Morgan fingerprint density at radius 1 is 1.41 bits per heavy atom. The number of benzene rings is 1. The first-order chi connectivity index (χ1) is 7.66. The lowest BCUT2D eigenvalue weighted by Gasteiger charge is -2.37. The number of aliphatic hydroxyl groups excluding tert-OH is 1. The highest BCUT2D eigenvalue weighted by Crippen LogP contribution is 2.11. The van der Waals surface area contributed by atoms with E-state index in [1.165, 1.54) is 0 Å². The minimum absolute atomic E-state index is 0. The van der Waals surface area contributed by atoms with Gasteiger partial charge in [-0.15, -0.1) is 12.4 Å². The van der Waals surface area contributed by atoms with E-state index >= 15 is 0 Å². The SMILES string of the molecule is Cl.NC(Cc1ccccc1)C(=O)N1CC(O)C1. The average Bonchev–Trinajstić information content (AvgIpc) is 2.25. The molecule has 0 spiro atoms. The summed E-state index contributed by atoms with van der Waals surface area (Å²) < 4.78 is 0. The van der Waals surface area contributed by atoms with E-state index in [-0.39, 0.29) is 24.4 Å². The van der Waals surface area contributed by atoms with Crippen LogP contribution in [-0.4, -0.2) is 41.1 Å². The van der Waals surface area contributed by atoms with E-state index in [1.807, 2.05) is 30.3 Å². The molecule has 0 radical (unpaired) electrons. The Bertz CT molecular complexity index is 366. The first-order valence-electron chi connectivity index (χ1n) is 5.43. The van der Waals surface area contributed by atoms with Gasteiger partial charge in [-0.2, -0.15) is 0 Å². The Morgan fingerprint density at radius 3 is 2.53 bits per heavy atom. The van der Waals surface area contributed by atoms with Gasteiger partial charge in [0.05, 0.1) is 12.1 Å². The number of halogens is 1. The second-order valence-electron chi connectivity index (χ2n) is 4.19. The third kappa shape index (κ3) is 3.43. The second-order valence-corrected chi connectivity index (χ2v) is 4.19. The van der Waals surface area contributed by atoms with Crippen molar-refractivity contribution in [2.45, 2.75) is 18.6 Å². The molecule has 1 fully saturated rings. The zero-order chi connectivity index (χ0) is 11.5. The number of hydrogen-bond acceptors (Lipinski definition) is 3. The molecule has 1 amide bonds. The Morgan fingerprint density at radius 2 is 2.00 bits per heavy atom. The molecular formula is C12H17ClN2O2. The maximum atomic E-state index is 11.8. The van der Waals surface area contributed by atoms with Gasteiger partial charge in [-0.1, -0.05) is 30.3 Å². The van der Waals surface area contributed by atoms with Crippen molar-refractivity contribution in [2.24, 2.45) is 5.73 Å². The van der Waals surface area contributed by atoms with Gasteiger partial charge in [-0.25, -0.2) is 0 Å². The number of carbonyl (C=O) groups is 1. The van der Waals surface area contributed by atoms with Gasteiger partial charge in [0.2, 0.25) is 5.91 Å². The number of rotatable bonds is 3. The van der Waals surface area contributed by atoms with Crippen molar-refractivity contribution in [3.05, 3.63) is 35.9 Å². The van der Waals surface area contributed by atoms with E-state index in [9.17, 15) is 4.79 Å². The van der Waals surface area contributed by atoms with Gasteiger partial charge in [0.15, 0.2) is 0 Å². The lowest BCUT2D eigenvalue weighted by Crippen LogP contribution is -2.58. The van der Waals surface area contributed by atoms with E-state index in [1.54, 1.807) is 4.90 Å². The lowest BCUT2D eigenvalue weighted by molar-refractivity contribution is -0.142. The quantitative estimate of drug-likeness (QED) is 0.811. The number of hydrogen-bond donors (Lipinski definition) is 2. The molecule has 4 nitrogen and oxygen atoms in total. The molecular weight excluding hydrogens is 240 g/mol. The number of carbonyl (C=O) groups excluding carboxylic acids is 1. The maximum absolute atomic E-state index is 11.8. The Balaban J connectivity index is 0.00000144. The van der Waals surface area contributed by atoms with Crippen molar-refractivity contribution in [2.75, 3.05) is 13.1 Å². The smallest absolute Gasteiger partial charge is 0.240 e. The molecule has 2 rings (SSSR count). The van der Waals surface area contributed by atoms with Gasteiger partial charge in [0.1, 0.15) is 0 Å². The first-order valence-corrected chi connectivity index (χ1v) is 5.43. The van der Waals surface area contributed by atoms with Gasteiger partial charge in [0.25, 0.3) is 0 Å². The Labute approximate surface area is 107 Å². The van der Waals surface area contributed by atoms with Crippen LogP contribution in [0.2, 0.25) is 0 Å². The van der Waals surface area contributed by atoms with Crippen LogP contribution in [0.15, 0.2) is 30.3 Å². The summed E-state index contributed by atoms with van der Waals surface area (Å²) in [4.78, 5) is 13.4. The molecule has 0 aromatic heterocycles. The predicted molar refractivity (Wildman–Crippen MR) is 68.0 cm³/mol. The average molecular weight is 257 g/mol. The third-order valence-corrected chi connectivity index (χ3v) is 2.79. The number of nitrogens with two attached hydrogens (primary N) is 1. The highest BCUT2D eigenvalue weighted by Gasteiger charge is 2.31. The molecule has 1 aliphatic heterocycles. The summed E-state index contributed by atoms with van der Waals surface area (Å²) >= 11 is 0. The number of likely N-dealkylation sites (tertiary alicyclic amines) is 1. The molecule has 5 heteroatoms. The number of amides is 1. The molecule has 1 aliphatic rings. The summed E-state index contributed by atoms with van der Waals surface area (Å²) in [6.07, 6.45) is 0.180. The van der Waals surface area contributed by atoms with Crippen molar-refractivity contribution in [1.29, 1.82) is 0 Å². The van der Waals surface area contributed by atoms with E-state index in [4.69, 9.17) is 10.8 Å². The van der Waals surface area contributed by atoms with E-state index in [0.29, 0.717) is 19.5 Å². The summed E-state index contributed by atoms with van der Waals surface area (Å²) in [5.74, 6) is -0.0749. The second kappa shape index (κ2) is 6.00. The van der Waals surface area contributed by atoms with Crippen LogP contribution in [0.1, 0.15) is 5.56 Å². The number of β-amino-alcohol motifs (C(OH)–C–C–N with tert-alkyl or cyclic N) is 1. The van der Waals surface area contributed by atoms with Gasteiger partial charge in [-0.3, -0.25) is 4.79 Å². The number of aliphatic hydroxyl groups is 1. The van der Waals surface area contributed by atoms with E-state index in [2.05, 4.69) is 0 Å². The molecule has 17 heavy (non-hydrogen) atoms. The van der Waals surface area contributed by atoms with Crippen molar-refractivity contribution < 1.29 is 9.90 Å². The van der Waals surface area contributed by atoms with Crippen molar-refractivity contribution in [1.82, 2.24) is 4.90 Å². The molecule has 0 saturated carbocycles. The van der Waals surface area contributed by atoms with Gasteiger partial charge < -0.3 is 15.7 Å². The molecule has 0 bridgehead atoms. The molecule has 94 valence electrons. The fraction of sp³-hybridized carbons (Fsp3) is 0.417. The van der Waals surface area contributed by atoms with Crippen LogP contribution in [0.3, 0.4) is 0 Å². The van der Waals surface area contributed by atoms with Crippen molar-refractivity contribution in [3.63, 3.8) is 0 Å². The summed E-state index contributed by atoms with van der Waals surface area (Å²) in [6, 6.07) is 9.20. The summed E-state index contributed by atoms with van der Waals surface area (Å²) in [7, 11) is 0. The van der Waals surface area contributed by atoms with Crippen LogP contribution < -0.4 is 5.73 Å². The molecule has 1 saturated heterocycles. The van der Waals surface area contributed by atoms with Crippen LogP contribution in [0.4, 0.5) is 0 Å². The maximum Gasteiger partial charge on any atom is 0.240 e. The summed E-state index contributed by atoms with van der Waals surface area (Å²) in [6.45, 7) is 0.836. The first kappa shape index (κ1) is 14.0. The highest BCUT2D eigenvalue weighted by atomic mass is 35.5. The zero-order valence-corrected chi connectivity index (χ0v) is 10.3. The van der Waals surface area contributed by atoms with Crippen molar-refractivity contribution >= 4 is 18.3 Å². The molecule has 1 aromatic rings. The normalized spacial score (nSPS) is 16.9. The van der Waals surface area contributed by atoms with E-state index < -0.39 is 6.04 Å². The Kier molecular flexibility index (Phi) is 4.93. The van der Waals surface area contributed by atoms with Crippen LogP contribution in [0.5, 0.6) is 0 Å². The van der Waals surface area contributed by atoms with Gasteiger partial charge >= 0.3 is 0 Å². The highest BCUT2D eigenvalue weighted by molar-refractivity contribution is 5.85. The minimum atomic E-state index is -0.505. The monoisotopic (exact) mass is 256 g/mol. The number of nitrogens with zero attached hydrogens (tertiary/aromatic N) is 1. The molecule has 1 heterocycles. The van der Waals surface area contributed by atoms with Crippen LogP contribution in [0, 0.1) is 0 Å². The van der Waals surface area contributed by atoms with Gasteiger partial charge in [-0.05, 0) is 12.0 Å². The predicted octanol–water partition coefficient (Wildman–Crippen LogP) is 0.181. The largest absolute Gasteiger partial charge is 0.389 e. The minimum Gasteiger partial charge on any atom is -0.389 e. The Hall–Kier alpha value is -1.10. The fourth-order valence-corrected chi connectivity index (χ4v) is 1.83. The summed E-state index contributed by atoms with van der Waals surface area (Å²) in [5, 5.41) is 9.10. The zero-order valence-electron chi connectivity index (χ0n) is 9.45. The van der Waals surface area contributed by atoms with Crippen LogP contribution in [-0.2, 0) is 11.2 Å². The standard InChI is InChI=1S/C12H16N2O2.ClH/c13-11(6-9-4-2-1-3-5-9)12(16)14-7-10(15)8-14;/h1-5,10-11,15H,6-8,13H2;1H. The van der Waals surface area contributed by atoms with Gasteiger partial charge in [0, 0.05) is 13.1 Å². The fourth-order valence-electron chi connectivity index (χ4n) is 1.83. The van der Waals surface area contributed by atoms with Crippen LogP contribution in [0.25, 0.3) is 0 Å². The lowest BCUT2D eigenvalue weighted by atomic mass is 10.0. The molecule has 1 atom stereocenters. The molecule has 3 N–H and O–H groups in total. The summed E-state index contributed by atoms with van der Waals surface area (Å²) in [5.41, 5.74) is 6.89.